The molecule has 2 aliphatic heterocycles. The Hall–Kier alpha value is -2.97. The first-order valence-electron chi connectivity index (χ1n) is 9.10. The maximum atomic E-state index is 4.80. The third-order valence-electron chi connectivity index (χ3n) is 5.15. The molecule has 0 saturated carbocycles. The number of aromatic amines is 1. The van der Waals surface area contributed by atoms with E-state index in [1.165, 1.54) is 12.8 Å². The van der Waals surface area contributed by atoms with Crippen LogP contribution in [0.2, 0.25) is 0 Å². The van der Waals surface area contributed by atoms with Crippen LogP contribution in [0.25, 0.3) is 11.0 Å². The van der Waals surface area contributed by atoms with E-state index in [1.807, 2.05) is 12.3 Å². The number of hydrogen-bond donors (Lipinski definition) is 1. The minimum absolute atomic E-state index is 0.781. The average molecular weight is 351 g/mol. The van der Waals surface area contributed by atoms with Crippen molar-refractivity contribution in [2.45, 2.75) is 12.8 Å². The second-order valence-electron chi connectivity index (χ2n) is 6.71. The van der Waals surface area contributed by atoms with Crippen LogP contribution in [0.1, 0.15) is 12.8 Å². The molecule has 0 bridgehead atoms. The van der Waals surface area contributed by atoms with Gasteiger partial charge in [-0.15, -0.1) is 0 Å². The van der Waals surface area contributed by atoms with Crippen LogP contribution in [-0.2, 0) is 0 Å². The molecule has 2 fully saturated rings. The van der Waals surface area contributed by atoms with Crippen LogP contribution < -0.4 is 14.7 Å². The van der Waals surface area contributed by atoms with Crippen LogP contribution in [0.5, 0.6) is 0 Å². The molecule has 0 unspecified atom stereocenters. The molecule has 0 atom stereocenters. The van der Waals surface area contributed by atoms with Gasteiger partial charge in [0, 0.05) is 45.5 Å². The van der Waals surface area contributed by atoms with E-state index in [9.17, 15) is 0 Å². The van der Waals surface area contributed by atoms with Gasteiger partial charge >= 0.3 is 0 Å². The molecule has 9 heteroatoms. The molecule has 26 heavy (non-hydrogen) atoms. The molecule has 1 N–H and O–H groups in total. The summed E-state index contributed by atoms with van der Waals surface area (Å²) in [6.07, 6.45) is 7.72. The Kier molecular flexibility index (Phi) is 3.76. The van der Waals surface area contributed by atoms with Gasteiger partial charge in [-0.2, -0.15) is 10.1 Å². The Morgan fingerprint density at radius 2 is 1.65 bits per heavy atom. The van der Waals surface area contributed by atoms with Crippen LogP contribution in [0.15, 0.2) is 24.8 Å². The van der Waals surface area contributed by atoms with Gasteiger partial charge in [0.15, 0.2) is 5.65 Å². The number of fused-ring (bicyclic) bond motifs is 1. The predicted molar refractivity (Wildman–Crippen MR) is 99.6 cm³/mol. The van der Waals surface area contributed by atoms with E-state index in [1.54, 1.807) is 12.5 Å². The van der Waals surface area contributed by atoms with Gasteiger partial charge in [-0.05, 0) is 18.9 Å². The summed E-state index contributed by atoms with van der Waals surface area (Å²) in [4.78, 5) is 24.8. The minimum Gasteiger partial charge on any atom is -0.353 e. The lowest BCUT2D eigenvalue weighted by atomic mass is 10.2. The molecule has 2 aliphatic rings. The van der Waals surface area contributed by atoms with E-state index in [-0.39, 0.29) is 0 Å². The summed E-state index contributed by atoms with van der Waals surface area (Å²) in [5.74, 6) is 2.82. The predicted octanol–water partition coefficient (Wildman–Crippen LogP) is 1.07. The third kappa shape index (κ3) is 2.69. The Labute approximate surface area is 151 Å². The van der Waals surface area contributed by atoms with Gasteiger partial charge in [-0.25, -0.2) is 15.0 Å². The smallest absolute Gasteiger partial charge is 0.227 e. The summed E-state index contributed by atoms with van der Waals surface area (Å²) < 4.78 is 0. The summed E-state index contributed by atoms with van der Waals surface area (Å²) in [6, 6.07) is 2.01. The zero-order chi connectivity index (χ0) is 17.3. The van der Waals surface area contributed by atoms with Gasteiger partial charge in [0.05, 0.1) is 11.6 Å². The number of hydrogen-bond acceptors (Lipinski definition) is 8. The summed E-state index contributed by atoms with van der Waals surface area (Å²) in [7, 11) is 0. The van der Waals surface area contributed by atoms with Crippen molar-refractivity contribution in [3.05, 3.63) is 24.8 Å². The molecule has 0 spiro atoms. The van der Waals surface area contributed by atoms with E-state index in [2.05, 4.69) is 39.8 Å². The first-order valence-corrected chi connectivity index (χ1v) is 9.10. The van der Waals surface area contributed by atoms with Crippen molar-refractivity contribution in [2.75, 3.05) is 54.0 Å². The SMILES string of the molecule is c1cc(N2CCN(c3ncnc4[nH]ncc34)CC2)nc(N2CCCC2)n1. The highest BCUT2D eigenvalue weighted by Crippen LogP contribution is 2.24. The molecule has 0 aliphatic carbocycles. The van der Waals surface area contributed by atoms with E-state index < -0.39 is 0 Å². The minimum atomic E-state index is 0.781. The summed E-state index contributed by atoms with van der Waals surface area (Å²) in [6.45, 7) is 5.71. The normalized spacial score (nSPS) is 18.1. The van der Waals surface area contributed by atoms with E-state index in [0.717, 1.165) is 67.9 Å². The zero-order valence-corrected chi connectivity index (χ0v) is 14.5. The lowest BCUT2D eigenvalue weighted by Crippen LogP contribution is -2.47. The molecular formula is C17H21N9. The van der Waals surface area contributed by atoms with Crippen molar-refractivity contribution in [1.82, 2.24) is 30.1 Å². The number of aromatic nitrogens is 6. The highest BCUT2D eigenvalue weighted by atomic mass is 15.3. The number of nitrogens with one attached hydrogen (secondary N) is 1. The number of rotatable bonds is 3. The van der Waals surface area contributed by atoms with Gasteiger partial charge in [-0.1, -0.05) is 0 Å². The van der Waals surface area contributed by atoms with Gasteiger partial charge in [0.2, 0.25) is 5.95 Å². The Balaban J connectivity index is 1.31. The van der Waals surface area contributed by atoms with Crippen molar-refractivity contribution in [1.29, 1.82) is 0 Å². The second-order valence-corrected chi connectivity index (χ2v) is 6.71. The molecule has 0 aromatic carbocycles. The highest BCUT2D eigenvalue weighted by molar-refractivity contribution is 5.86. The molecule has 9 nitrogen and oxygen atoms in total. The molecule has 0 amide bonds. The monoisotopic (exact) mass is 351 g/mol. The fraction of sp³-hybridized carbons (Fsp3) is 0.471. The quantitative estimate of drug-likeness (QED) is 0.749. The standard InChI is InChI=1S/C17H21N9/c1-2-6-26(5-1)17-18-4-3-14(22-17)24-7-9-25(10-8-24)16-13-11-21-23-15(13)19-12-20-16/h3-4,11-12H,1-2,5-10H2,(H,19,20,21,23). The maximum Gasteiger partial charge on any atom is 0.227 e. The molecule has 0 radical (unpaired) electrons. The van der Waals surface area contributed by atoms with Gasteiger partial charge in [-0.3, -0.25) is 5.10 Å². The summed E-state index contributed by atoms with van der Waals surface area (Å²) >= 11 is 0. The Morgan fingerprint density at radius 1 is 0.846 bits per heavy atom. The summed E-state index contributed by atoms with van der Waals surface area (Å²) in [5.41, 5.74) is 0.781. The second kappa shape index (κ2) is 6.40. The number of piperazine rings is 1. The molecule has 5 rings (SSSR count). The zero-order valence-electron chi connectivity index (χ0n) is 14.5. The van der Waals surface area contributed by atoms with Crippen LogP contribution in [0.3, 0.4) is 0 Å². The number of nitrogens with zero attached hydrogens (tertiary/aromatic N) is 8. The first-order chi connectivity index (χ1) is 12.9. The van der Waals surface area contributed by atoms with Gasteiger partial charge in [0.25, 0.3) is 0 Å². The summed E-state index contributed by atoms with van der Waals surface area (Å²) in [5, 5.41) is 7.96. The van der Waals surface area contributed by atoms with Crippen LogP contribution in [-0.4, -0.2) is 69.4 Å². The van der Waals surface area contributed by atoms with Gasteiger partial charge in [0.1, 0.15) is 18.0 Å². The third-order valence-corrected chi connectivity index (χ3v) is 5.15. The topological polar surface area (TPSA) is 90.0 Å². The van der Waals surface area contributed by atoms with Crippen LogP contribution in [0, 0.1) is 0 Å². The molecule has 134 valence electrons. The first kappa shape index (κ1) is 15.3. The molecule has 5 heterocycles. The molecule has 2 saturated heterocycles. The fourth-order valence-corrected chi connectivity index (χ4v) is 3.74. The van der Waals surface area contributed by atoms with Crippen molar-refractivity contribution < 1.29 is 0 Å². The largest absolute Gasteiger partial charge is 0.353 e. The van der Waals surface area contributed by atoms with Crippen LogP contribution >= 0.6 is 0 Å². The van der Waals surface area contributed by atoms with Crippen molar-refractivity contribution in [3.8, 4) is 0 Å². The van der Waals surface area contributed by atoms with Crippen molar-refractivity contribution in [2.24, 2.45) is 0 Å². The van der Waals surface area contributed by atoms with Crippen molar-refractivity contribution in [3.63, 3.8) is 0 Å². The fourth-order valence-electron chi connectivity index (χ4n) is 3.74. The van der Waals surface area contributed by atoms with Crippen molar-refractivity contribution >= 4 is 28.6 Å². The van der Waals surface area contributed by atoms with Gasteiger partial charge < -0.3 is 14.7 Å². The average Bonchev–Trinajstić information content (AvgIpc) is 3.40. The molecular weight excluding hydrogens is 330 g/mol. The molecule has 3 aromatic rings. The highest BCUT2D eigenvalue weighted by Gasteiger charge is 2.22. The van der Waals surface area contributed by atoms with Crippen LogP contribution in [0.4, 0.5) is 17.6 Å². The Morgan fingerprint density at radius 3 is 2.50 bits per heavy atom. The van der Waals surface area contributed by atoms with E-state index in [0.29, 0.717) is 0 Å². The lowest BCUT2D eigenvalue weighted by Gasteiger charge is -2.36. The molecule has 3 aromatic heterocycles. The van der Waals surface area contributed by atoms with E-state index in [4.69, 9.17) is 4.98 Å². The maximum absolute atomic E-state index is 4.80. The Bertz CT molecular complexity index is 894. The van der Waals surface area contributed by atoms with E-state index >= 15 is 0 Å². The number of anilines is 3. The lowest BCUT2D eigenvalue weighted by molar-refractivity contribution is 0.642. The number of H-pyrrole nitrogens is 1.